The lowest BCUT2D eigenvalue weighted by atomic mass is 10.0. The van der Waals surface area contributed by atoms with E-state index in [0.29, 0.717) is 18.4 Å². The minimum absolute atomic E-state index is 0.302. The second-order valence-electron chi connectivity index (χ2n) is 5.87. The van der Waals surface area contributed by atoms with Crippen molar-refractivity contribution in [1.82, 2.24) is 4.90 Å². The summed E-state index contributed by atoms with van der Waals surface area (Å²) in [5.74, 6) is 1.22. The molecule has 1 N–H and O–H groups in total. The minimum atomic E-state index is 0.302. The van der Waals surface area contributed by atoms with Gasteiger partial charge < -0.3 is 10.2 Å². The van der Waals surface area contributed by atoms with Crippen LogP contribution in [0.1, 0.15) is 30.4 Å². The molecule has 0 radical (unpaired) electrons. The maximum Gasteiger partial charge on any atom is 0.223 e. The van der Waals surface area contributed by atoms with Gasteiger partial charge in [0.15, 0.2) is 0 Å². The molecule has 0 saturated carbocycles. The van der Waals surface area contributed by atoms with E-state index in [4.69, 9.17) is 0 Å². The molecule has 21 heavy (non-hydrogen) atoms. The number of rotatable bonds is 5. The summed E-state index contributed by atoms with van der Waals surface area (Å²) in [6.45, 7) is 6.02. The number of hydrogen-bond acceptors (Lipinski definition) is 3. The van der Waals surface area contributed by atoms with Crippen LogP contribution in [0, 0.1) is 13.8 Å². The highest BCUT2D eigenvalue weighted by molar-refractivity contribution is 7.98. The predicted molar refractivity (Wildman–Crippen MR) is 92.1 cm³/mol. The third-order valence-corrected chi connectivity index (χ3v) is 4.78. The van der Waals surface area contributed by atoms with Crippen molar-refractivity contribution in [3.05, 3.63) is 29.3 Å². The molecule has 1 atom stereocenters. The zero-order chi connectivity index (χ0) is 15.2. The molecule has 1 heterocycles. The van der Waals surface area contributed by atoms with Crippen LogP contribution >= 0.6 is 11.8 Å². The number of anilines is 1. The summed E-state index contributed by atoms with van der Waals surface area (Å²) in [5.41, 5.74) is 3.79. The topological polar surface area (TPSA) is 32.3 Å². The Balaban J connectivity index is 1.91. The normalized spacial score (nSPS) is 18.6. The highest BCUT2D eigenvalue weighted by atomic mass is 32.2. The van der Waals surface area contributed by atoms with Crippen molar-refractivity contribution in [1.29, 1.82) is 0 Å². The number of aryl methyl sites for hydroxylation is 2. The lowest BCUT2D eigenvalue weighted by Gasteiger charge is -2.34. The van der Waals surface area contributed by atoms with Crippen molar-refractivity contribution in [2.24, 2.45) is 0 Å². The first-order chi connectivity index (χ1) is 10.1. The van der Waals surface area contributed by atoms with Crippen LogP contribution in [0.4, 0.5) is 5.69 Å². The fraction of sp³-hybridized carbons (Fsp3) is 0.588. The van der Waals surface area contributed by atoms with Crippen molar-refractivity contribution < 1.29 is 4.79 Å². The summed E-state index contributed by atoms with van der Waals surface area (Å²) in [6, 6.07) is 6.86. The second kappa shape index (κ2) is 7.74. The molecule has 2 rings (SSSR count). The Bertz CT molecular complexity index is 490. The molecule has 3 nitrogen and oxygen atoms in total. The number of hydrogen-bond donors (Lipinski definition) is 1. The number of nitrogens with one attached hydrogen (secondary N) is 1. The number of nitrogens with zero attached hydrogens (tertiary/aromatic N) is 1. The maximum atomic E-state index is 12.1. The van der Waals surface area contributed by atoms with Crippen LogP contribution in [0.3, 0.4) is 0 Å². The number of amides is 1. The molecule has 1 saturated heterocycles. The van der Waals surface area contributed by atoms with E-state index in [1.807, 2.05) is 11.2 Å². The van der Waals surface area contributed by atoms with E-state index in [1.54, 1.807) is 11.8 Å². The molecule has 0 bridgehead atoms. The molecule has 1 aliphatic rings. The first-order valence-electron chi connectivity index (χ1n) is 7.70. The summed E-state index contributed by atoms with van der Waals surface area (Å²) >= 11 is 1.74. The first-order valence-corrected chi connectivity index (χ1v) is 9.10. The molecule has 4 heteroatoms. The fourth-order valence-corrected chi connectivity index (χ4v) is 3.11. The van der Waals surface area contributed by atoms with Crippen LogP contribution in [0.5, 0.6) is 0 Å². The van der Waals surface area contributed by atoms with Crippen molar-refractivity contribution in [2.45, 2.75) is 39.2 Å². The lowest BCUT2D eigenvalue weighted by Crippen LogP contribution is -2.45. The zero-order valence-electron chi connectivity index (χ0n) is 13.3. The van der Waals surface area contributed by atoms with E-state index in [1.165, 1.54) is 16.8 Å². The largest absolute Gasteiger partial charge is 0.381 e. The van der Waals surface area contributed by atoms with Gasteiger partial charge in [-0.05, 0) is 56.2 Å². The molecule has 0 aliphatic carbocycles. The van der Waals surface area contributed by atoms with Gasteiger partial charge in [-0.15, -0.1) is 0 Å². The molecule has 1 fully saturated rings. The molecule has 1 aliphatic heterocycles. The third kappa shape index (κ3) is 4.67. The van der Waals surface area contributed by atoms with Crippen molar-refractivity contribution in [3.8, 4) is 0 Å². The van der Waals surface area contributed by atoms with Gasteiger partial charge in [0, 0.05) is 37.0 Å². The number of piperidine rings is 1. The average molecular weight is 306 g/mol. The van der Waals surface area contributed by atoms with Gasteiger partial charge in [-0.1, -0.05) is 6.07 Å². The van der Waals surface area contributed by atoms with Crippen LogP contribution in [0.2, 0.25) is 0 Å². The van der Waals surface area contributed by atoms with Crippen molar-refractivity contribution in [3.63, 3.8) is 0 Å². The highest BCUT2D eigenvalue weighted by Crippen LogP contribution is 2.19. The summed E-state index contributed by atoms with van der Waals surface area (Å²) in [7, 11) is 0. The van der Waals surface area contributed by atoms with E-state index >= 15 is 0 Å². The molecule has 1 aromatic carbocycles. The van der Waals surface area contributed by atoms with Gasteiger partial charge in [-0.25, -0.2) is 0 Å². The molecule has 0 spiro atoms. The molecular weight excluding hydrogens is 280 g/mol. The molecule has 0 aromatic heterocycles. The van der Waals surface area contributed by atoms with Gasteiger partial charge in [0.25, 0.3) is 0 Å². The third-order valence-electron chi connectivity index (χ3n) is 4.17. The predicted octanol–water partition coefficient (Wildman–Crippen LogP) is 3.46. The Hall–Kier alpha value is -1.16. The van der Waals surface area contributed by atoms with E-state index < -0.39 is 0 Å². The Kier molecular flexibility index (Phi) is 5.97. The van der Waals surface area contributed by atoms with Gasteiger partial charge in [0.05, 0.1) is 0 Å². The number of likely N-dealkylation sites (tertiary alicyclic amines) is 1. The van der Waals surface area contributed by atoms with E-state index in [0.717, 1.165) is 31.7 Å². The van der Waals surface area contributed by atoms with Gasteiger partial charge in [-0.3, -0.25) is 4.79 Å². The summed E-state index contributed by atoms with van der Waals surface area (Å²) in [6.07, 6.45) is 4.94. The van der Waals surface area contributed by atoms with Crippen LogP contribution in [-0.4, -0.2) is 41.9 Å². The van der Waals surface area contributed by atoms with Gasteiger partial charge in [0.1, 0.15) is 0 Å². The summed E-state index contributed by atoms with van der Waals surface area (Å²) in [5, 5.41) is 3.59. The van der Waals surface area contributed by atoms with Crippen LogP contribution in [0.15, 0.2) is 18.2 Å². The maximum absolute atomic E-state index is 12.1. The van der Waals surface area contributed by atoms with E-state index in [-0.39, 0.29) is 0 Å². The van der Waals surface area contributed by atoms with Gasteiger partial charge in [-0.2, -0.15) is 11.8 Å². The van der Waals surface area contributed by atoms with Crippen molar-refractivity contribution >= 4 is 23.4 Å². The lowest BCUT2D eigenvalue weighted by molar-refractivity contribution is -0.131. The number of thioether (sulfide) groups is 1. The van der Waals surface area contributed by atoms with Crippen LogP contribution < -0.4 is 5.32 Å². The van der Waals surface area contributed by atoms with Crippen LogP contribution in [-0.2, 0) is 4.79 Å². The molecule has 1 amide bonds. The number of carbonyl (C=O) groups excluding carboxylic acids is 1. The van der Waals surface area contributed by atoms with Crippen LogP contribution in [0.25, 0.3) is 0 Å². The average Bonchev–Trinajstić information content (AvgIpc) is 2.49. The summed E-state index contributed by atoms with van der Waals surface area (Å²) in [4.78, 5) is 14.2. The molecule has 1 aromatic rings. The smallest absolute Gasteiger partial charge is 0.223 e. The summed E-state index contributed by atoms with van der Waals surface area (Å²) < 4.78 is 0. The fourth-order valence-electron chi connectivity index (χ4n) is 2.74. The van der Waals surface area contributed by atoms with E-state index in [2.05, 4.69) is 37.4 Å². The van der Waals surface area contributed by atoms with Gasteiger partial charge in [0.2, 0.25) is 5.91 Å². The number of carbonyl (C=O) groups is 1. The Morgan fingerprint density at radius 2 is 2.19 bits per heavy atom. The molecular formula is C17H26N2OS. The highest BCUT2D eigenvalue weighted by Gasteiger charge is 2.23. The molecule has 116 valence electrons. The Labute approximate surface area is 132 Å². The minimum Gasteiger partial charge on any atom is -0.381 e. The van der Waals surface area contributed by atoms with Crippen molar-refractivity contribution in [2.75, 3.05) is 30.4 Å². The first kappa shape index (κ1) is 16.2. The quantitative estimate of drug-likeness (QED) is 0.904. The Morgan fingerprint density at radius 3 is 2.90 bits per heavy atom. The SMILES string of the molecule is CSCCC(=O)N1CCC[C@H](Nc2ccc(C)c(C)c2)C1. The molecule has 0 unspecified atom stereocenters. The van der Waals surface area contributed by atoms with Gasteiger partial charge >= 0.3 is 0 Å². The standard InChI is InChI=1S/C17H26N2OS/c1-13-6-7-15(11-14(13)2)18-16-5-4-9-19(12-16)17(20)8-10-21-3/h6-7,11,16,18H,4-5,8-10,12H2,1-3H3/t16-/m0/s1. The second-order valence-corrected chi connectivity index (χ2v) is 6.85. The zero-order valence-corrected chi connectivity index (χ0v) is 14.1. The van der Waals surface area contributed by atoms with E-state index in [9.17, 15) is 4.79 Å². The Morgan fingerprint density at radius 1 is 1.38 bits per heavy atom. The number of benzene rings is 1. The monoisotopic (exact) mass is 306 g/mol.